The molecule has 2 nitrogen and oxygen atoms in total. The Labute approximate surface area is 183 Å². The van der Waals surface area contributed by atoms with Crippen LogP contribution in [0.5, 0.6) is 5.75 Å². The largest absolute Gasteiger partial charge is 0.497 e. The number of methoxy groups -OCH3 is 1. The van der Waals surface area contributed by atoms with Gasteiger partial charge in [0.05, 0.1) is 29.9 Å². The Morgan fingerprint density at radius 1 is 0.774 bits per heavy atom. The molecule has 2 heteroatoms. The standard InChI is InChI=1S/C29H25O2/c1-30-25-17-15-21(16-18-25)19-24-13-8-14-26-27(22-9-4-2-5-10-22)20-28(31-29(24)26)23-11-6-3-7-12-23/h2-7,9-12,15-20H,8,13-14H2,1H3/q+1. The van der Waals surface area contributed by atoms with Gasteiger partial charge in [-0.1, -0.05) is 60.7 Å². The zero-order valence-electron chi connectivity index (χ0n) is 17.7. The number of benzene rings is 3. The topological polar surface area (TPSA) is 20.5 Å². The molecule has 1 aliphatic carbocycles. The van der Waals surface area contributed by atoms with E-state index in [1.807, 2.05) is 18.2 Å². The smallest absolute Gasteiger partial charge is 0.361 e. The molecule has 0 radical (unpaired) electrons. The lowest BCUT2D eigenvalue weighted by Gasteiger charge is -2.15. The molecule has 0 atom stereocenters. The Hall–Kier alpha value is -3.65. The summed E-state index contributed by atoms with van der Waals surface area (Å²) in [6.45, 7) is 0. The van der Waals surface area contributed by atoms with E-state index in [1.165, 1.54) is 22.3 Å². The Morgan fingerprint density at radius 2 is 1.45 bits per heavy atom. The summed E-state index contributed by atoms with van der Waals surface area (Å²) < 4.78 is 11.9. The maximum Gasteiger partial charge on any atom is 0.361 e. The first kappa shape index (κ1) is 19.3. The van der Waals surface area contributed by atoms with E-state index in [-0.39, 0.29) is 0 Å². The molecule has 0 N–H and O–H groups in total. The SMILES string of the molecule is COc1ccc(C=C2CCCc3c(-c4ccccc4)cc(-c4ccccc4)[o+]c32)cc1. The van der Waals surface area contributed by atoms with Gasteiger partial charge in [0.2, 0.25) is 0 Å². The van der Waals surface area contributed by atoms with Crippen molar-refractivity contribution in [3.8, 4) is 28.2 Å². The molecule has 0 bridgehead atoms. The summed E-state index contributed by atoms with van der Waals surface area (Å²) in [5, 5.41) is 0. The van der Waals surface area contributed by atoms with E-state index in [2.05, 4.69) is 78.9 Å². The monoisotopic (exact) mass is 405 g/mol. The van der Waals surface area contributed by atoms with Gasteiger partial charge in [0, 0.05) is 5.56 Å². The molecule has 4 aromatic rings. The van der Waals surface area contributed by atoms with Crippen LogP contribution >= 0.6 is 0 Å². The van der Waals surface area contributed by atoms with Crippen LogP contribution in [0.3, 0.4) is 0 Å². The first-order valence-electron chi connectivity index (χ1n) is 10.8. The highest BCUT2D eigenvalue weighted by Crippen LogP contribution is 2.41. The third-order valence-electron chi connectivity index (χ3n) is 5.85. The first-order valence-corrected chi connectivity index (χ1v) is 10.8. The first-order chi connectivity index (χ1) is 15.3. The number of hydrogen-bond acceptors (Lipinski definition) is 1. The molecule has 31 heavy (non-hydrogen) atoms. The molecule has 1 heterocycles. The zero-order chi connectivity index (χ0) is 21.0. The highest BCUT2D eigenvalue weighted by atomic mass is 16.5. The summed E-state index contributed by atoms with van der Waals surface area (Å²) in [5.74, 6) is 2.79. The van der Waals surface area contributed by atoms with Crippen molar-refractivity contribution in [3.05, 3.63) is 108 Å². The van der Waals surface area contributed by atoms with Crippen LogP contribution in [-0.4, -0.2) is 7.11 Å². The van der Waals surface area contributed by atoms with Crippen molar-refractivity contribution in [2.75, 3.05) is 7.11 Å². The molecule has 1 aliphatic rings. The van der Waals surface area contributed by atoms with E-state index < -0.39 is 0 Å². The van der Waals surface area contributed by atoms with Crippen molar-refractivity contribution in [3.63, 3.8) is 0 Å². The highest BCUT2D eigenvalue weighted by Gasteiger charge is 2.31. The van der Waals surface area contributed by atoms with Gasteiger partial charge in [-0.05, 0) is 60.7 Å². The van der Waals surface area contributed by atoms with E-state index in [0.717, 1.165) is 47.7 Å². The van der Waals surface area contributed by atoms with Crippen molar-refractivity contribution in [2.45, 2.75) is 19.3 Å². The highest BCUT2D eigenvalue weighted by molar-refractivity contribution is 5.86. The second kappa shape index (κ2) is 8.61. The molecule has 3 aromatic carbocycles. The Bertz CT molecular complexity index is 1210. The number of fused-ring (bicyclic) bond motifs is 1. The van der Waals surface area contributed by atoms with Crippen LogP contribution < -0.4 is 4.74 Å². The summed E-state index contributed by atoms with van der Waals surface area (Å²) in [6.07, 6.45) is 5.41. The Kier molecular flexibility index (Phi) is 5.37. The molecule has 0 saturated heterocycles. The minimum atomic E-state index is 0.869. The maximum atomic E-state index is 6.58. The van der Waals surface area contributed by atoms with Crippen molar-refractivity contribution >= 4 is 11.6 Å². The molecule has 0 unspecified atom stereocenters. The molecule has 5 rings (SSSR count). The van der Waals surface area contributed by atoms with Gasteiger partial charge in [-0.25, -0.2) is 4.42 Å². The fraction of sp³-hybridized carbons (Fsp3) is 0.138. The minimum Gasteiger partial charge on any atom is -0.497 e. The molecule has 0 amide bonds. The van der Waals surface area contributed by atoms with Gasteiger partial charge < -0.3 is 4.74 Å². The fourth-order valence-electron chi connectivity index (χ4n) is 4.28. The van der Waals surface area contributed by atoms with Gasteiger partial charge in [0.1, 0.15) is 5.75 Å². The molecule has 0 spiro atoms. The number of ether oxygens (including phenoxy) is 1. The summed E-state index contributed by atoms with van der Waals surface area (Å²) >= 11 is 0. The Morgan fingerprint density at radius 3 is 2.13 bits per heavy atom. The summed E-state index contributed by atoms with van der Waals surface area (Å²) in [7, 11) is 1.69. The van der Waals surface area contributed by atoms with Gasteiger partial charge in [-0.3, -0.25) is 0 Å². The van der Waals surface area contributed by atoms with Crippen LogP contribution in [0.4, 0.5) is 0 Å². The lowest BCUT2D eigenvalue weighted by molar-refractivity contribution is 0.415. The van der Waals surface area contributed by atoms with Crippen LogP contribution in [0.15, 0.2) is 95.4 Å². The van der Waals surface area contributed by atoms with Crippen LogP contribution in [-0.2, 0) is 6.42 Å². The van der Waals surface area contributed by atoms with Crippen molar-refractivity contribution in [2.24, 2.45) is 0 Å². The third kappa shape index (κ3) is 4.02. The molecular formula is C29H25O2+. The number of allylic oxidation sites excluding steroid dienone is 1. The number of hydrogen-bond donors (Lipinski definition) is 0. The van der Waals surface area contributed by atoms with E-state index in [9.17, 15) is 0 Å². The quantitative estimate of drug-likeness (QED) is 0.323. The maximum absolute atomic E-state index is 6.58. The van der Waals surface area contributed by atoms with Crippen LogP contribution in [0.25, 0.3) is 34.1 Å². The minimum absolute atomic E-state index is 0.869. The van der Waals surface area contributed by atoms with Crippen molar-refractivity contribution < 1.29 is 9.15 Å². The summed E-state index contributed by atoms with van der Waals surface area (Å²) in [5.41, 5.74) is 7.30. The summed E-state index contributed by atoms with van der Waals surface area (Å²) in [6, 6.07) is 31.4. The average Bonchev–Trinajstić information content (AvgIpc) is 2.85. The van der Waals surface area contributed by atoms with Crippen molar-refractivity contribution in [1.82, 2.24) is 0 Å². The molecule has 152 valence electrons. The molecule has 0 aliphatic heterocycles. The molecule has 1 aromatic heterocycles. The van der Waals surface area contributed by atoms with Crippen molar-refractivity contribution in [1.29, 1.82) is 0 Å². The van der Waals surface area contributed by atoms with Gasteiger partial charge in [-0.15, -0.1) is 0 Å². The van der Waals surface area contributed by atoms with E-state index in [0.29, 0.717) is 0 Å². The fourth-order valence-corrected chi connectivity index (χ4v) is 4.28. The predicted molar refractivity (Wildman–Crippen MR) is 128 cm³/mol. The van der Waals surface area contributed by atoms with Gasteiger partial charge in [0.15, 0.2) is 0 Å². The number of rotatable bonds is 4. The van der Waals surface area contributed by atoms with Gasteiger partial charge >= 0.3 is 11.5 Å². The molecule has 0 saturated carbocycles. The lowest BCUT2D eigenvalue weighted by Crippen LogP contribution is -2.05. The lowest BCUT2D eigenvalue weighted by atomic mass is 9.86. The van der Waals surface area contributed by atoms with E-state index in [4.69, 9.17) is 9.15 Å². The van der Waals surface area contributed by atoms with E-state index >= 15 is 0 Å². The predicted octanol–water partition coefficient (Wildman–Crippen LogP) is 7.78. The van der Waals surface area contributed by atoms with E-state index in [1.54, 1.807) is 7.11 Å². The van der Waals surface area contributed by atoms with Crippen LogP contribution in [0, 0.1) is 0 Å². The van der Waals surface area contributed by atoms with Crippen LogP contribution in [0.2, 0.25) is 0 Å². The normalized spacial score (nSPS) is 14.3. The van der Waals surface area contributed by atoms with Gasteiger partial charge in [0.25, 0.3) is 0 Å². The second-order valence-corrected chi connectivity index (χ2v) is 7.86. The van der Waals surface area contributed by atoms with Gasteiger partial charge in [-0.2, -0.15) is 0 Å². The Balaban J connectivity index is 1.68. The summed E-state index contributed by atoms with van der Waals surface area (Å²) in [4.78, 5) is 0. The molecular weight excluding hydrogens is 380 g/mol. The zero-order valence-corrected chi connectivity index (χ0v) is 17.7. The second-order valence-electron chi connectivity index (χ2n) is 7.86. The van der Waals surface area contributed by atoms with Crippen LogP contribution in [0.1, 0.15) is 29.7 Å². The molecule has 0 fully saturated rings. The average molecular weight is 406 g/mol. The third-order valence-corrected chi connectivity index (χ3v) is 5.85.